The van der Waals surface area contributed by atoms with Crippen LogP contribution in [0, 0.1) is 6.92 Å². The summed E-state index contributed by atoms with van der Waals surface area (Å²) in [7, 11) is 1.57. The fourth-order valence-corrected chi connectivity index (χ4v) is 2.97. The number of methoxy groups -OCH3 is 1. The van der Waals surface area contributed by atoms with Crippen molar-refractivity contribution in [1.82, 2.24) is 5.32 Å². The summed E-state index contributed by atoms with van der Waals surface area (Å²) < 4.78 is 5.94. The number of anilines is 1. The van der Waals surface area contributed by atoms with Crippen LogP contribution in [0.25, 0.3) is 0 Å². The van der Waals surface area contributed by atoms with Crippen molar-refractivity contribution in [2.75, 3.05) is 12.4 Å². The number of thiophene rings is 1. The molecule has 0 fully saturated rings. The van der Waals surface area contributed by atoms with Crippen molar-refractivity contribution < 1.29 is 9.53 Å². The fourth-order valence-electron chi connectivity index (χ4n) is 1.91. The minimum Gasteiger partial charge on any atom is -0.495 e. The smallest absolute Gasteiger partial charge is 0.319 e. The van der Waals surface area contributed by atoms with E-state index in [0.29, 0.717) is 15.8 Å². The van der Waals surface area contributed by atoms with E-state index in [1.807, 2.05) is 44.2 Å². The SMILES string of the molecule is COc1ccc(C)cc1NC(=O)NC(C)c1ccc(Cl)s1. The van der Waals surface area contributed by atoms with Gasteiger partial charge in [0.2, 0.25) is 0 Å². The second-order valence-electron chi connectivity index (χ2n) is 4.67. The number of amides is 2. The van der Waals surface area contributed by atoms with Gasteiger partial charge in [-0.1, -0.05) is 17.7 Å². The van der Waals surface area contributed by atoms with E-state index in [-0.39, 0.29) is 12.1 Å². The number of halogens is 1. The summed E-state index contributed by atoms with van der Waals surface area (Å²) in [6.45, 7) is 3.87. The first-order valence-corrected chi connectivity index (χ1v) is 7.66. The quantitative estimate of drug-likeness (QED) is 0.863. The number of hydrogen-bond acceptors (Lipinski definition) is 3. The van der Waals surface area contributed by atoms with E-state index in [2.05, 4.69) is 10.6 Å². The largest absolute Gasteiger partial charge is 0.495 e. The Balaban J connectivity index is 2.03. The Morgan fingerprint density at radius 2 is 2.10 bits per heavy atom. The summed E-state index contributed by atoms with van der Waals surface area (Å²) in [4.78, 5) is 13.1. The maximum absolute atomic E-state index is 12.1. The minimum absolute atomic E-state index is 0.113. The number of rotatable bonds is 4. The molecule has 2 aromatic rings. The van der Waals surface area contributed by atoms with E-state index in [1.165, 1.54) is 11.3 Å². The first-order valence-electron chi connectivity index (χ1n) is 6.47. The van der Waals surface area contributed by atoms with Gasteiger partial charge in [0.25, 0.3) is 0 Å². The molecule has 0 aliphatic heterocycles. The van der Waals surface area contributed by atoms with Crippen molar-refractivity contribution in [1.29, 1.82) is 0 Å². The number of nitrogens with one attached hydrogen (secondary N) is 2. The predicted octanol–water partition coefficient (Wildman–Crippen LogP) is 4.60. The Morgan fingerprint density at radius 3 is 2.71 bits per heavy atom. The summed E-state index contributed by atoms with van der Waals surface area (Å²) in [5.74, 6) is 0.627. The zero-order valence-corrected chi connectivity index (χ0v) is 13.6. The van der Waals surface area contributed by atoms with Gasteiger partial charge < -0.3 is 15.4 Å². The maximum Gasteiger partial charge on any atom is 0.319 e. The highest BCUT2D eigenvalue weighted by Gasteiger charge is 2.13. The number of aryl methyl sites for hydroxylation is 1. The van der Waals surface area contributed by atoms with Crippen molar-refractivity contribution in [2.45, 2.75) is 19.9 Å². The second kappa shape index (κ2) is 6.83. The van der Waals surface area contributed by atoms with Gasteiger partial charge in [-0.15, -0.1) is 11.3 Å². The molecule has 0 spiro atoms. The van der Waals surface area contributed by atoms with Crippen LogP contribution in [-0.2, 0) is 0 Å². The van der Waals surface area contributed by atoms with E-state index >= 15 is 0 Å². The number of ether oxygens (including phenoxy) is 1. The van der Waals surface area contributed by atoms with Crippen LogP contribution in [0.15, 0.2) is 30.3 Å². The lowest BCUT2D eigenvalue weighted by atomic mass is 10.2. The van der Waals surface area contributed by atoms with Crippen molar-refractivity contribution in [2.24, 2.45) is 0 Å². The molecule has 1 unspecified atom stereocenters. The number of carbonyl (C=O) groups excluding carboxylic acids is 1. The summed E-state index contributed by atoms with van der Waals surface area (Å²) in [6, 6.07) is 8.96. The second-order valence-corrected chi connectivity index (χ2v) is 6.41. The molecular weight excluding hydrogens is 308 g/mol. The third-order valence-corrected chi connectivity index (χ3v) is 4.39. The molecule has 4 nitrogen and oxygen atoms in total. The topological polar surface area (TPSA) is 50.4 Å². The van der Waals surface area contributed by atoms with E-state index in [1.54, 1.807) is 7.11 Å². The van der Waals surface area contributed by atoms with Gasteiger partial charge in [0.15, 0.2) is 0 Å². The first kappa shape index (κ1) is 15.7. The lowest BCUT2D eigenvalue weighted by molar-refractivity contribution is 0.249. The summed E-state index contributed by atoms with van der Waals surface area (Å²) in [5.41, 5.74) is 1.69. The molecular formula is C15H17ClN2O2S. The average molecular weight is 325 g/mol. The molecule has 0 saturated heterocycles. The Labute approximate surface area is 133 Å². The number of hydrogen-bond donors (Lipinski definition) is 2. The highest BCUT2D eigenvalue weighted by atomic mass is 35.5. The van der Waals surface area contributed by atoms with E-state index in [9.17, 15) is 4.79 Å². The average Bonchev–Trinajstić information content (AvgIpc) is 2.85. The molecule has 6 heteroatoms. The molecule has 0 aliphatic rings. The lowest BCUT2D eigenvalue weighted by Crippen LogP contribution is -2.30. The standard InChI is InChI=1S/C15H17ClN2O2S/c1-9-4-5-12(20-3)11(8-9)18-15(19)17-10(2)13-6-7-14(16)21-13/h4-8,10H,1-3H3,(H2,17,18,19). The van der Waals surface area contributed by atoms with Crippen LogP contribution in [0.1, 0.15) is 23.4 Å². The third-order valence-electron chi connectivity index (χ3n) is 2.97. The van der Waals surface area contributed by atoms with Gasteiger partial charge in [-0.2, -0.15) is 0 Å². The Bertz CT molecular complexity index is 642. The van der Waals surface area contributed by atoms with Crippen molar-refractivity contribution >= 4 is 34.7 Å². The van der Waals surface area contributed by atoms with Crippen molar-refractivity contribution in [3.8, 4) is 5.75 Å². The maximum atomic E-state index is 12.1. The highest BCUT2D eigenvalue weighted by Crippen LogP contribution is 2.27. The summed E-state index contributed by atoms with van der Waals surface area (Å²) >= 11 is 7.35. The van der Waals surface area contributed by atoms with Gasteiger partial charge in [0.05, 0.1) is 23.2 Å². The van der Waals surface area contributed by atoms with E-state index in [0.717, 1.165) is 10.4 Å². The molecule has 0 saturated carbocycles. The molecule has 0 bridgehead atoms. The Hall–Kier alpha value is -1.72. The third kappa shape index (κ3) is 4.12. The van der Waals surface area contributed by atoms with Gasteiger partial charge in [-0.25, -0.2) is 4.79 Å². The summed E-state index contributed by atoms with van der Waals surface area (Å²) in [6.07, 6.45) is 0. The minimum atomic E-state index is -0.282. The molecule has 2 amide bonds. The summed E-state index contributed by atoms with van der Waals surface area (Å²) in [5, 5.41) is 5.68. The monoisotopic (exact) mass is 324 g/mol. The molecule has 0 aliphatic carbocycles. The van der Waals surface area contributed by atoms with E-state index in [4.69, 9.17) is 16.3 Å². The highest BCUT2D eigenvalue weighted by molar-refractivity contribution is 7.16. The predicted molar refractivity (Wildman–Crippen MR) is 87.6 cm³/mol. The molecule has 1 aromatic carbocycles. The van der Waals surface area contributed by atoms with Crippen LogP contribution in [0.2, 0.25) is 4.34 Å². The van der Waals surface area contributed by atoms with Gasteiger partial charge in [0, 0.05) is 4.88 Å². The van der Waals surface area contributed by atoms with Gasteiger partial charge >= 0.3 is 6.03 Å². The van der Waals surface area contributed by atoms with Crippen molar-refractivity contribution in [3.05, 3.63) is 45.1 Å². The Kier molecular flexibility index (Phi) is 5.09. The van der Waals surface area contributed by atoms with Crippen LogP contribution < -0.4 is 15.4 Å². The zero-order valence-electron chi connectivity index (χ0n) is 12.1. The number of carbonyl (C=O) groups is 1. The molecule has 0 radical (unpaired) electrons. The lowest BCUT2D eigenvalue weighted by Gasteiger charge is -2.15. The zero-order chi connectivity index (χ0) is 15.4. The van der Waals surface area contributed by atoms with Gasteiger partial charge in [0.1, 0.15) is 5.75 Å². The Morgan fingerprint density at radius 1 is 1.33 bits per heavy atom. The van der Waals surface area contributed by atoms with Gasteiger partial charge in [-0.3, -0.25) is 0 Å². The van der Waals surface area contributed by atoms with Crippen LogP contribution in [-0.4, -0.2) is 13.1 Å². The molecule has 1 aromatic heterocycles. The van der Waals surface area contributed by atoms with Crippen molar-refractivity contribution in [3.63, 3.8) is 0 Å². The molecule has 2 N–H and O–H groups in total. The van der Waals surface area contributed by atoms with Crippen LogP contribution in [0.3, 0.4) is 0 Å². The van der Waals surface area contributed by atoms with Gasteiger partial charge in [-0.05, 0) is 43.7 Å². The van der Waals surface area contributed by atoms with Crippen LogP contribution >= 0.6 is 22.9 Å². The fraction of sp³-hybridized carbons (Fsp3) is 0.267. The molecule has 21 heavy (non-hydrogen) atoms. The molecule has 112 valence electrons. The van der Waals surface area contributed by atoms with Crippen LogP contribution in [0.5, 0.6) is 5.75 Å². The molecule has 2 rings (SSSR count). The number of benzene rings is 1. The van der Waals surface area contributed by atoms with E-state index < -0.39 is 0 Å². The molecule has 1 atom stereocenters. The molecule has 1 heterocycles. The first-order chi connectivity index (χ1) is 9.99. The van der Waals surface area contributed by atoms with Crippen LogP contribution in [0.4, 0.5) is 10.5 Å². The number of urea groups is 1. The normalized spacial score (nSPS) is 11.8.